The van der Waals surface area contributed by atoms with E-state index in [0.29, 0.717) is 6.42 Å². The number of nitrogens with zero attached hydrogens (tertiary/aromatic N) is 2. The Hall–Kier alpha value is -5.43. The molecule has 3 heteroatoms. The molecule has 8 rings (SSSR count). The predicted octanol–water partition coefficient (Wildman–Crippen LogP) is 7.45. The number of hydrogen-bond acceptors (Lipinski definition) is 1. The van der Waals surface area contributed by atoms with E-state index in [1.165, 1.54) is 54.0 Å². The third-order valence-electron chi connectivity index (χ3n) is 9.67. The Morgan fingerprint density at radius 1 is 0.674 bits per heavy atom. The van der Waals surface area contributed by atoms with E-state index in [-0.39, 0.29) is 5.92 Å². The summed E-state index contributed by atoms with van der Waals surface area (Å²) >= 11 is 0. The first-order chi connectivity index (χ1) is 22.8. The zero-order chi connectivity index (χ0) is 30.9. The molecule has 1 aromatic heterocycles. The second-order valence-corrected chi connectivity index (χ2v) is 16.0. The van der Waals surface area contributed by atoms with Gasteiger partial charge in [0, 0.05) is 16.8 Å². The molecule has 1 heterocycles. The van der Waals surface area contributed by atoms with Crippen LogP contribution < -0.4 is 20.7 Å². The first kappa shape index (κ1) is 28.1. The predicted molar refractivity (Wildman–Crippen MR) is 195 cm³/mol. The number of fused-ring (bicyclic) bond motifs is 3. The molecule has 2 aliphatic rings. The zero-order valence-corrected chi connectivity index (χ0v) is 26.7. The van der Waals surface area contributed by atoms with Crippen LogP contribution in [0.25, 0.3) is 28.2 Å². The quantitative estimate of drug-likeness (QED) is 0.143. The minimum atomic E-state index is -2.91. The average molecular weight is 607 g/mol. The minimum absolute atomic E-state index is 0.159. The number of nitriles is 1. The van der Waals surface area contributed by atoms with E-state index < -0.39 is 8.07 Å². The van der Waals surface area contributed by atoms with Gasteiger partial charge in [-0.05, 0) is 81.0 Å². The van der Waals surface area contributed by atoms with Crippen molar-refractivity contribution in [1.29, 1.82) is 5.26 Å². The fourth-order valence-corrected chi connectivity index (χ4v) is 12.7. The van der Waals surface area contributed by atoms with Crippen molar-refractivity contribution in [2.45, 2.75) is 19.3 Å². The van der Waals surface area contributed by atoms with Crippen LogP contribution in [0.5, 0.6) is 0 Å². The molecule has 1 unspecified atom stereocenters. The maximum absolute atomic E-state index is 10.1. The molecule has 0 N–H and O–H groups in total. The Morgan fingerprint density at radius 2 is 1.35 bits per heavy atom. The van der Waals surface area contributed by atoms with Gasteiger partial charge in [-0.2, -0.15) is 5.26 Å². The minimum Gasteiger partial charge on any atom is -0.310 e. The molecule has 0 aliphatic heterocycles. The molecule has 5 aromatic carbocycles. The summed E-state index contributed by atoms with van der Waals surface area (Å²) in [6, 6.07) is 51.8. The average Bonchev–Trinajstić information content (AvgIpc) is 3.48. The van der Waals surface area contributed by atoms with Crippen LogP contribution in [0, 0.1) is 17.2 Å². The van der Waals surface area contributed by atoms with E-state index in [0.717, 1.165) is 18.5 Å². The topological polar surface area (TPSA) is 28.7 Å². The molecule has 1 atom stereocenters. The molecular formula is C43H34N2Si. The maximum Gasteiger partial charge on any atom is 0.180 e. The van der Waals surface area contributed by atoms with Crippen molar-refractivity contribution in [1.82, 2.24) is 4.57 Å². The highest BCUT2D eigenvalue weighted by Crippen LogP contribution is 2.36. The number of hydrogen-bond donors (Lipinski definition) is 0. The van der Waals surface area contributed by atoms with E-state index in [1.807, 2.05) is 0 Å². The van der Waals surface area contributed by atoms with Gasteiger partial charge in [-0.15, -0.1) is 0 Å². The number of para-hydroxylation sites is 1. The molecule has 6 aromatic rings. The Bertz CT molecular complexity index is 2140. The fourth-order valence-electron chi connectivity index (χ4n) is 7.67. The van der Waals surface area contributed by atoms with Gasteiger partial charge in [0.25, 0.3) is 0 Å². The molecule has 46 heavy (non-hydrogen) atoms. The van der Waals surface area contributed by atoms with Crippen LogP contribution in [0.1, 0.15) is 29.7 Å². The smallest absolute Gasteiger partial charge is 0.180 e. The van der Waals surface area contributed by atoms with Gasteiger partial charge in [0.05, 0.1) is 17.5 Å². The number of aromatic nitrogens is 1. The van der Waals surface area contributed by atoms with Crippen LogP contribution in [0.4, 0.5) is 0 Å². The number of benzene rings is 5. The molecule has 0 radical (unpaired) electrons. The van der Waals surface area contributed by atoms with E-state index in [9.17, 15) is 5.26 Å². The third kappa shape index (κ3) is 4.53. The number of rotatable bonds is 6. The highest BCUT2D eigenvalue weighted by molar-refractivity contribution is 7.20. The molecule has 0 fully saturated rings. The van der Waals surface area contributed by atoms with Crippen molar-refractivity contribution in [3.63, 3.8) is 0 Å². The zero-order valence-electron chi connectivity index (χ0n) is 25.7. The normalized spacial score (nSPS) is 15.7. The maximum atomic E-state index is 10.1. The van der Waals surface area contributed by atoms with E-state index in [4.69, 9.17) is 0 Å². The second kappa shape index (κ2) is 11.8. The molecule has 0 spiro atoms. The lowest BCUT2D eigenvalue weighted by atomic mass is 9.93. The lowest BCUT2D eigenvalue weighted by Crippen LogP contribution is -2.75. The van der Waals surface area contributed by atoms with Gasteiger partial charge in [-0.3, -0.25) is 0 Å². The van der Waals surface area contributed by atoms with Crippen LogP contribution >= 0.6 is 0 Å². The Kier molecular flexibility index (Phi) is 7.21. The lowest BCUT2D eigenvalue weighted by Gasteiger charge is -2.35. The molecule has 0 saturated heterocycles. The Labute approximate surface area is 271 Å². The van der Waals surface area contributed by atoms with Crippen LogP contribution in [-0.4, -0.2) is 12.6 Å². The van der Waals surface area contributed by atoms with Crippen LogP contribution in [-0.2, 0) is 6.42 Å². The third-order valence-corrected chi connectivity index (χ3v) is 14.5. The first-order valence-corrected chi connectivity index (χ1v) is 18.2. The Balaban J connectivity index is 1.53. The molecule has 0 saturated carbocycles. The van der Waals surface area contributed by atoms with Crippen LogP contribution in [0.3, 0.4) is 0 Å². The molecule has 220 valence electrons. The summed E-state index contributed by atoms with van der Waals surface area (Å²) in [6.45, 7) is 0. The van der Waals surface area contributed by atoms with Crippen LogP contribution in [0.2, 0.25) is 0 Å². The molecule has 2 nitrogen and oxygen atoms in total. The molecule has 0 bridgehead atoms. The van der Waals surface area contributed by atoms with Gasteiger partial charge in [0.15, 0.2) is 8.07 Å². The SMILES string of the molecule is N#CC1C=Cc2c(c3c([Si](c4ccccc4)(c4ccccc4)c4cccc(C5=CCCC=C5)c4)cccc3n2-c2ccccc2)C1. The van der Waals surface area contributed by atoms with E-state index >= 15 is 0 Å². The van der Waals surface area contributed by atoms with Gasteiger partial charge < -0.3 is 4.57 Å². The van der Waals surface area contributed by atoms with Crippen molar-refractivity contribution >= 4 is 51.4 Å². The summed E-state index contributed by atoms with van der Waals surface area (Å²) in [6.07, 6.45) is 14.1. The monoisotopic (exact) mass is 606 g/mol. The first-order valence-electron chi connectivity index (χ1n) is 16.2. The van der Waals surface area contributed by atoms with Crippen molar-refractivity contribution < 1.29 is 0 Å². The van der Waals surface area contributed by atoms with Crippen molar-refractivity contribution in [3.8, 4) is 11.8 Å². The summed E-state index contributed by atoms with van der Waals surface area (Å²) < 4.78 is 2.40. The molecule has 0 amide bonds. The molecular weight excluding hydrogens is 573 g/mol. The fraction of sp³-hybridized carbons (Fsp3) is 0.0930. The second-order valence-electron chi connectivity index (χ2n) is 12.2. The lowest BCUT2D eigenvalue weighted by molar-refractivity contribution is 0.809. The summed E-state index contributed by atoms with van der Waals surface area (Å²) in [5.74, 6) is -0.159. The van der Waals surface area contributed by atoms with E-state index in [2.05, 4.69) is 174 Å². The highest BCUT2D eigenvalue weighted by Gasteiger charge is 2.44. The summed E-state index contributed by atoms with van der Waals surface area (Å²) in [4.78, 5) is 0. The summed E-state index contributed by atoms with van der Waals surface area (Å²) in [7, 11) is -2.91. The standard InChI is InChI=1S/C43H34N2Si/c44-31-32-27-28-40-39(29-32)43-41(45(40)35-18-7-2-8-19-35)25-14-26-42(43)46(36-20-9-3-10-21-36,37-22-11-4-12-23-37)38-24-13-17-34(30-38)33-15-5-1-6-16-33/h2-5,7-28,30,32H,1,6,29H2. The largest absolute Gasteiger partial charge is 0.310 e. The van der Waals surface area contributed by atoms with Crippen molar-refractivity contribution in [2.75, 3.05) is 0 Å². The van der Waals surface area contributed by atoms with Gasteiger partial charge in [-0.25, -0.2) is 0 Å². The van der Waals surface area contributed by atoms with Crippen molar-refractivity contribution in [3.05, 3.63) is 175 Å². The van der Waals surface area contributed by atoms with Gasteiger partial charge in [0.1, 0.15) is 0 Å². The van der Waals surface area contributed by atoms with Crippen molar-refractivity contribution in [2.24, 2.45) is 5.92 Å². The van der Waals surface area contributed by atoms with E-state index in [1.54, 1.807) is 0 Å². The van der Waals surface area contributed by atoms with Gasteiger partial charge in [-0.1, -0.05) is 140 Å². The van der Waals surface area contributed by atoms with Gasteiger partial charge >= 0.3 is 0 Å². The van der Waals surface area contributed by atoms with Crippen LogP contribution in [0.15, 0.2) is 158 Å². The summed E-state index contributed by atoms with van der Waals surface area (Å²) in [5.41, 5.74) is 7.33. The summed E-state index contributed by atoms with van der Waals surface area (Å²) in [5, 5.41) is 16.8. The Morgan fingerprint density at radius 3 is 2.02 bits per heavy atom. The van der Waals surface area contributed by atoms with Gasteiger partial charge in [0.2, 0.25) is 0 Å². The number of allylic oxidation sites excluding steroid dienone is 5. The highest BCUT2D eigenvalue weighted by atomic mass is 28.3. The molecule has 2 aliphatic carbocycles.